The van der Waals surface area contributed by atoms with Crippen molar-refractivity contribution in [1.29, 1.82) is 0 Å². The molecule has 0 N–H and O–H groups in total. The lowest BCUT2D eigenvalue weighted by Gasteiger charge is -2.19. The Balaban J connectivity index is 1.98. The van der Waals surface area contributed by atoms with Gasteiger partial charge in [-0.25, -0.2) is 4.39 Å². The van der Waals surface area contributed by atoms with Crippen molar-refractivity contribution >= 4 is 21.7 Å². The highest BCUT2D eigenvalue weighted by molar-refractivity contribution is 9.09. The number of carbonyl (C=O) groups is 1. The summed E-state index contributed by atoms with van der Waals surface area (Å²) in [4.78, 5) is 12.5. The molecular formula is C16H14BrFO2. The van der Waals surface area contributed by atoms with E-state index in [0.29, 0.717) is 17.7 Å². The highest BCUT2D eigenvalue weighted by atomic mass is 79.9. The third-order valence-corrected chi connectivity index (χ3v) is 4.10. The Labute approximate surface area is 125 Å². The molecule has 3 rings (SSSR count). The summed E-state index contributed by atoms with van der Waals surface area (Å²) in [5.41, 5.74) is 2.45. The second-order valence-electron chi connectivity index (χ2n) is 5.14. The normalized spacial score (nSPS) is 25.4. The quantitative estimate of drug-likeness (QED) is 0.476. The number of hydrogen-bond donors (Lipinski definition) is 0. The van der Waals surface area contributed by atoms with Crippen molar-refractivity contribution in [1.82, 2.24) is 0 Å². The Morgan fingerprint density at radius 2 is 2.00 bits per heavy atom. The summed E-state index contributed by atoms with van der Waals surface area (Å²) in [5.74, 6) is -0.617. The topological polar surface area (TPSA) is 29.6 Å². The molecule has 0 spiro atoms. The molecule has 1 aromatic carbocycles. The first-order chi connectivity index (χ1) is 9.56. The number of carbonyl (C=O) groups excluding carboxylic acids is 1. The Kier molecular flexibility index (Phi) is 3.61. The number of benzene rings is 1. The van der Waals surface area contributed by atoms with E-state index in [1.54, 1.807) is 12.1 Å². The summed E-state index contributed by atoms with van der Waals surface area (Å²) >= 11 is 3.39. The molecule has 2 nitrogen and oxygen atoms in total. The van der Waals surface area contributed by atoms with E-state index in [9.17, 15) is 9.18 Å². The maximum atomic E-state index is 14.3. The van der Waals surface area contributed by atoms with Gasteiger partial charge in [0.15, 0.2) is 5.78 Å². The van der Waals surface area contributed by atoms with Crippen LogP contribution in [0.4, 0.5) is 4.39 Å². The molecule has 1 aliphatic carbocycles. The minimum Gasteiger partial charge on any atom is -0.368 e. The summed E-state index contributed by atoms with van der Waals surface area (Å²) < 4.78 is 19.5. The second-order valence-corrected chi connectivity index (χ2v) is 6.32. The number of rotatable bonds is 3. The number of ketones is 1. The Morgan fingerprint density at radius 3 is 2.60 bits per heavy atom. The molecule has 0 amide bonds. The summed E-state index contributed by atoms with van der Waals surface area (Å²) in [6.45, 7) is 2.51. The summed E-state index contributed by atoms with van der Waals surface area (Å²) in [5, 5.41) is 0. The third-order valence-electron chi connectivity index (χ3n) is 3.52. The van der Waals surface area contributed by atoms with E-state index in [0.717, 1.165) is 5.56 Å². The maximum absolute atomic E-state index is 14.3. The number of ether oxygens (including phenoxy) is 1. The number of hydrogen-bond acceptors (Lipinski definition) is 2. The average Bonchev–Trinajstić information content (AvgIpc) is 3.22. The van der Waals surface area contributed by atoms with Crippen LogP contribution in [0.5, 0.6) is 0 Å². The number of halogens is 2. The second kappa shape index (κ2) is 5.26. The van der Waals surface area contributed by atoms with Gasteiger partial charge in [-0.05, 0) is 12.5 Å². The molecule has 1 aromatic rings. The van der Waals surface area contributed by atoms with Crippen molar-refractivity contribution in [3.8, 4) is 0 Å². The van der Waals surface area contributed by atoms with E-state index in [1.165, 1.54) is 0 Å². The lowest BCUT2D eigenvalue weighted by molar-refractivity contribution is 0.103. The van der Waals surface area contributed by atoms with Crippen LogP contribution in [0.15, 0.2) is 47.3 Å². The maximum Gasteiger partial charge on any atom is 0.195 e. The van der Waals surface area contributed by atoms with Gasteiger partial charge in [-0.2, -0.15) is 0 Å². The van der Waals surface area contributed by atoms with Gasteiger partial charge in [-0.1, -0.05) is 51.8 Å². The predicted octanol–water partition coefficient (Wildman–Crippen LogP) is 3.89. The molecule has 2 atom stereocenters. The van der Waals surface area contributed by atoms with Crippen molar-refractivity contribution in [3.63, 3.8) is 0 Å². The standard InChI is InChI=1S/C16H14BrFO2/c1-9-2-4-10(5-3-9)16(19)15-12(14-8-20-14)6-11(17)7-13(15)18/h2-6,11,14H,7-8H2,1H3. The SMILES string of the molecule is Cc1ccc(C(=O)C2=C(F)CC(Br)C=C2C2CO2)cc1. The molecule has 4 heteroatoms. The van der Waals surface area contributed by atoms with E-state index in [4.69, 9.17) is 4.74 Å². The van der Waals surface area contributed by atoms with Gasteiger partial charge in [0.1, 0.15) is 11.9 Å². The summed E-state index contributed by atoms with van der Waals surface area (Å²) in [7, 11) is 0. The van der Waals surface area contributed by atoms with Crippen LogP contribution in [0.25, 0.3) is 0 Å². The zero-order valence-electron chi connectivity index (χ0n) is 11.0. The van der Waals surface area contributed by atoms with E-state index in [-0.39, 0.29) is 34.5 Å². The molecule has 0 bridgehead atoms. The first-order valence-electron chi connectivity index (χ1n) is 6.54. The van der Waals surface area contributed by atoms with Crippen molar-refractivity contribution in [2.75, 3.05) is 6.61 Å². The fourth-order valence-electron chi connectivity index (χ4n) is 2.37. The largest absolute Gasteiger partial charge is 0.368 e. The first-order valence-corrected chi connectivity index (χ1v) is 7.45. The number of epoxide rings is 1. The van der Waals surface area contributed by atoms with Gasteiger partial charge in [0.2, 0.25) is 0 Å². The zero-order valence-corrected chi connectivity index (χ0v) is 12.6. The van der Waals surface area contributed by atoms with Crippen LogP contribution >= 0.6 is 15.9 Å². The van der Waals surface area contributed by atoms with Gasteiger partial charge in [0.05, 0.1) is 12.2 Å². The van der Waals surface area contributed by atoms with Gasteiger partial charge in [-0.15, -0.1) is 0 Å². The summed E-state index contributed by atoms with van der Waals surface area (Å²) in [6, 6.07) is 7.20. The molecule has 1 fully saturated rings. The molecular weight excluding hydrogens is 323 g/mol. The van der Waals surface area contributed by atoms with Crippen molar-refractivity contribution in [2.24, 2.45) is 0 Å². The van der Waals surface area contributed by atoms with Crippen LogP contribution in [-0.2, 0) is 4.74 Å². The van der Waals surface area contributed by atoms with E-state index in [1.807, 2.05) is 25.1 Å². The minimum absolute atomic E-state index is 0.0729. The highest BCUT2D eigenvalue weighted by Crippen LogP contribution is 2.37. The number of aryl methyl sites for hydroxylation is 1. The van der Waals surface area contributed by atoms with Crippen molar-refractivity contribution < 1.29 is 13.9 Å². The Morgan fingerprint density at radius 1 is 1.35 bits per heavy atom. The van der Waals surface area contributed by atoms with Crippen LogP contribution < -0.4 is 0 Å². The fraction of sp³-hybridized carbons (Fsp3) is 0.312. The van der Waals surface area contributed by atoms with Gasteiger partial charge in [-0.3, -0.25) is 4.79 Å². The highest BCUT2D eigenvalue weighted by Gasteiger charge is 2.37. The molecule has 0 aromatic heterocycles. The van der Waals surface area contributed by atoms with E-state index >= 15 is 0 Å². The molecule has 0 radical (unpaired) electrons. The lowest BCUT2D eigenvalue weighted by Crippen LogP contribution is -2.17. The van der Waals surface area contributed by atoms with Gasteiger partial charge in [0.25, 0.3) is 0 Å². The van der Waals surface area contributed by atoms with Crippen molar-refractivity contribution in [2.45, 2.75) is 24.3 Å². The Hall–Kier alpha value is -1.26. The van der Waals surface area contributed by atoms with Gasteiger partial charge >= 0.3 is 0 Å². The lowest BCUT2D eigenvalue weighted by atomic mass is 9.88. The molecule has 2 aliphatic rings. The van der Waals surface area contributed by atoms with Crippen LogP contribution in [0.1, 0.15) is 22.3 Å². The molecule has 20 heavy (non-hydrogen) atoms. The zero-order chi connectivity index (χ0) is 14.3. The number of Topliss-reactive ketones (excluding diaryl/α,β-unsaturated/α-hetero) is 1. The first kappa shape index (κ1) is 13.7. The average molecular weight is 337 g/mol. The van der Waals surface area contributed by atoms with Crippen LogP contribution in [0, 0.1) is 6.92 Å². The Bertz CT molecular complexity index is 612. The fourth-order valence-corrected chi connectivity index (χ4v) is 2.94. The smallest absolute Gasteiger partial charge is 0.195 e. The molecule has 0 saturated carbocycles. The summed E-state index contributed by atoms with van der Waals surface area (Å²) in [6.07, 6.45) is 1.97. The number of allylic oxidation sites excluding steroid dienone is 2. The van der Waals surface area contributed by atoms with E-state index in [2.05, 4.69) is 15.9 Å². The molecule has 1 saturated heterocycles. The molecule has 1 heterocycles. The van der Waals surface area contributed by atoms with Gasteiger partial charge < -0.3 is 4.74 Å². The molecule has 2 unspecified atom stereocenters. The number of alkyl halides is 1. The van der Waals surface area contributed by atoms with Crippen molar-refractivity contribution in [3.05, 3.63) is 58.4 Å². The van der Waals surface area contributed by atoms with Crippen LogP contribution in [-0.4, -0.2) is 23.3 Å². The molecule has 1 aliphatic heterocycles. The van der Waals surface area contributed by atoms with E-state index < -0.39 is 0 Å². The third kappa shape index (κ3) is 2.63. The monoisotopic (exact) mass is 336 g/mol. The van der Waals surface area contributed by atoms with Crippen LogP contribution in [0.3, 0.4) is 0 Å². The minimum atomic E-state index is -0.356. The predicted molar refractivity (Wildman–Crippen MR) is 78.8 cm³/mol. The van der Waals surface area contributed by atoms with Crippen LogP contribution in [0.2, 0.25) is 0 Å². The molecule has 104 valence electrons. The van der Waals surface area contributed by atoms with Gasteiger partial charge in [0, 0.05) is 16.8 Å².